The maximum absolute atomic E-state index is 13.6. The van der Waals surface area contributed by atoms with Crippen LogP contribution in [0.4, 0.5) is 4.39 Å². The fourth-order valence-electron chi connectivity index (χ4n) is 3.81. The van der Waals surface area contributed by atoms with Gasteiger partial charge in [0.1, 0.15) is 11.7 Å². The molecule has 0 bridgehead atoms. The van der Waals surface area contributed by atoms with Gasteiger partial charge in [0.15, 0.2) is 5.82 Å². The molecule has 2 aliphatic rings. The molecule has 3 nitrogen and oxygen atoms in total. The molecule has 4 rings (SSSR count). The standard InChI is InChI=1S/C19H19ClFN3/c1-24-17(13-4-2-5-16(21)12-13)22-23-18(24)19(10-3-11-19)14-6-8-15(20)9-7-14/h5-9,12H,2-4,10-11H2,1H3. The summed E-state index contributed by atoms with van der Waals surface area (Å²) >= 11 is 6.04. The third-order valence-corrected chi connectivity index (χ3v) is 5.51. The molecule has 1 heterocycles. The molecule has 2 aliphatic carbocycles. The van der Waals surface area contributed by atoms with Gasteiger partial charge >= 0.3 is 0 Å². The highest BCUT2D eigenvalue weighted by molar-refractivity contribution is 6.30. The molecule has 1 fully saturated rings. The van der Waals surface area contributed by atoms with E-state index in [0.717, 1.165) is 41.5 Å². The van der Waals surface area contributed by atoms with Gasteiger partial charge < -0.3 is 4.57 Å². The van der Waals surface area contributed by atoms with Gasteiger partial charge in [-0.05, 0) is 55.5 Å². The molecule has 0 unspecified atom stereocenters. The Kier molecular flexibility index (Phi) is 3.80. The van der Waals surface area contributed by atoms with Gasteiger partial charge in [0.2, 0.25) is 0 Å². The molecule has 0 radical (unpaired) electrons. The highest BCUT2D eigenvalue weighted by Crippen LogP contribution is 2.48. The quantitative estimate of drug-likeness (QED) is 0.787. The number of hydrogen-bond acceptors (Lipinski definition) is 2. The summed E-state index contributed by atoms with van der Waals surface area (Å²) in [6.07, 6.45) is 7.97. The third-order valence-electron chi connectivity index (χ3n) is 5.26. The molecule has 1 aromatic carbocycles. The Labute approximate surface area is 145 Å². The van der Waals surface area contributed by atoms with Crippen LogP contribution in [0, 0.1) is 0 Å². The number of rotatable bonds is 3. The van der Waals surface area contributed by atoms with Crippen LogP contribution < -0.4 is 0 Å². The first-order chi connectivity index (χ1) is 11.6. The summed E-state index contributed by atoms with van der Waals surface area (Å²) in [5.41, 5.74) is 2.04. The van der Waals surface area contributed by atoms with Gasteiger partial charge in [-0.25, -0.2) is 4.39 Å². The molecular formula is C19H19ClFN3. The predicted molar refractivity (Wildman–Crippen MR) is 93.5 cm³/mol. The molecule has 0 saturated heterocycles. The molecule has 0 spiro atoms. The van der Waals surface area contributed by atoms with Crippen LogP contribution >= 0.6 is 11.6 Å². The van der Waals surface area contributed by atoms with E-state index in [2.05, 4.69) is 22.3 Å². The van der Waals surface area contributed by atoms with Crippen molar-refractivity contribution in [2.75, 3.05) is 0 Å². The third kappa shape index (κ3) is 2.40. The van der Waals surface area contributed by atoms with Crippen LogP contribution in [0.5, 0.6) is 0 Å². The largest absolute Gasteiger partial charge is 0.314 e. The highest BCUT2D eigenvalue weighted by atomic mass is 35.5. The number of benzene rings is 1. The lowest BCUT2D eigenvalue weighted by atomic mass is 9.64. The molecule has 2 aromatic rings. The van der Waals surface area contributed by atoms with Crippen molar-refractivity contribution in [2.45, 2.75) is 37.5 Å². The van der Waals surface area contributed by atoms with Crippen LogP contribution in [0.3, 0.4) is 0 Å². The second-order valence-corrected chi connectivity index (χ2v) is 7.08. The Morgan fingerprint density at radius 3 is 2.54 bits per heavy atom. The fourth-order valence-corrected chi connectivity index (χ4v) is 3.93. The van der Waals surface area contributed by atoms with Crippen LogP contribution in [-0.2, 0) is 12.5 Å². The van der Waals surface area contributed by atoms with Crippen molar-refractivity contribution in [3.8, 4) is 0 Å². The first-order valence-electron chi connectivity index (χ1n) is 8.33. The van der Waals surface area contributed by atoms with Crippen LogP contribution in [-0.4, -0.2) is 14.8 Å². The van der Waals surface area contributed by atoms with Crippen LogP contribution in [0.2, 0.25) is 5.02 Å². The van der Waals surface area contributed by atoms with Gasteiger partial charge in [-0.3, -0.25) is 0 Å². The smallest absolute Gasteiger partial charge is 0.159 e. The Morgan fingerprint density at radius 1 is 1.17 bits per heavy atom. The monoisotopic (exact) mass is 343 g/mol. The summed E-state index contributed by atoms with van der Waals surface area (Å²) in [6.45, 7) is 0. The maximum Gasteiger partial charge on any atom is 0.159 e. The van der Waals surface area contributed by atoms with Gasteiger partial charge in [0, 0.05) is 17.6 Å². The van der Waals surface area contributed by atoms with Gasteiger partial charge in [-0.1, -0.05) is 30.2 Å². The Bertz CT molecular complexity index is 829. The number of halogens is 2. The van der Waals surface area contributed by atoms with Crippen LogP contribution in [0.15, 0.2) is 42.2 Å². The Balaban J connectivity index is 1.76. The minimum Gasteiger partial charge on any atom is -0.314 e. The number of aromatic nitrogens is 3. The minimum atomic E-state index is -0.183. The lowest BCUT2D eigenvalue weighted by molar-refractivity contribution is 0.278. The van der Waals surface area contributed by atoms with E-state index in [-0.39, 0.29) is 11.2 Å². The van der Waals surface area contributed by atoms with Gasteiger partial charge in [-0.15, -0.1) is 10.2 Å². The molecule has 0 aliphatic heterocycles. The van der Waals surface area contributed by atoms with Crippen molar-refractivity contribution in [1.29, 1.82) is 0 Å². The second-order valence-electron chi connectivity index (χ2n) is 6.65. The van der Waals surface area contributed by atoms with Crippen LogP contribution in [0.25, 0.3) is 5.57 Å². The summed E-state index contributed by atoms with van der Waals surface area (Å²) in [7, 11) is 1.98. The normalized spacial score (nSPS) is 19.5. The van der Waals surface area contributed by atoms with Gasteiger partial charge in [-0.2, -0.15) is 0 Å². The van der Waals surface area contributed by atoms with Gasteiger partial charge in [0.05, 0.1) is 5.41 Å². The summed E-state index contributed by atoms with van der Waals surface area (Å²) in [5.74, 6) is 1.55. The number of hydrogen-bond donors (Lipinski definition) is 0. The van der Waals surface area contributed by atoms with E-state index in [1.54, 1.807) is 12.2 Å². The summed E-state index contributed by atoms with van der Waals surface area (Å²) in [5, 5.41) is 9.63. The maximum atomic E-state index is 13.6. The van der Waals surface area contributed by atoms with Crippen molar-refractivity contribution in [3.05, 3.63) is 64.5 Å². The lowest BCUT2D eigenvalue weighted by Gasteiger charge is -2.41. The summed E-state index contributed by atoms with van der Waals surface area (Å²) in [6, 6.07) is 8.02. The molecule has 1 aromatic heterocycles. The number of nitrogens with zero attached hydrogens (tertiary/aromatic N) is 3. The average Bonchev–Trinajstić information content (AvgIpc) is 2.90. The molecule has 0 N–H and O–H groups in total. The van der Waals surface area contributed by atoms with Crippen molar-refractivity contribution in [2.24, 2.45) is 7.05 Å². The van der Waals surface area contributed by atoms with E-state index in [1.807, 2.05) is 23.7 Å². The van der Waals surface area contributed by atoms with Crippen molar-refractivity contribution in [1.82, 2.24) is 14.8 Å². The molecule has 1 saturated carbocycles. The first kappa shape index (κ1) is 15.6. The van der Waals surface area contributed by atoms with Gasteiger partial charge in [0.25, 0.3) is 0 Å². The molecular weight excluding hydrogens is 325 g/mol. The highest BCUT2D eigenvalue weighted by Gasteiger charge is 2.44. The van der Waals surface area contributed by atoms with E-state index in [9.17, 15) is 4.39 Å². The second kappa shape index (κ2) is 5.85. The van der Waals surface area contributed by atoms with E-state index >= 15 is 0 Å². The predicted octanol–water partition coefficient (Wildman–Crippen LogP) is 4.97. The zero-order valence-corrected chi connectivity index (χ0v) is 14.4. The average molecular weight is 344 g/mol. The van der Waals surface area contributed by atoms with E-state index in [1.165, 1.54) is 12.0 Å². The minimum absolute atomic E-state index is 0.103. The molecule has 0 amide bonds. The van der Waals surface area contributed by atoms with E-state index < -0.39 is 0 Å². The fraction of sp³-hybridized carbons (Fsp3) is 0.368. The van der Waals surface area contributed by atoms with Crippen molar-refractivity contribution >= 4 is 17.2 Å². The topological polar surface area (TPSA) is 30.7 Å². The lowest BCUT2D eigenvalue weighted by Crippen LogP contribution is -2.38. The Hall–Kier alpha value is -1.94. The molecule has 124 valence electrons. The summed E-state index contributed by atoms with van der Waals surface area (Å²) < 4.78 is 15.6. The van der Waals surface area contributed by atoms with E-state index in [4.69, 9.17) is 11.6 Å². The molecule has 24 heavy (non-hydrogen) atoms. The number of allylic oxidation sites excluding steroid dienone is 4. The first-order valence-corrected chi connectivity index (χ1v) is 8.70. The SMILES string of the molecule is Cn1c(C2=CC(F)=CCC2)nnc1C1(c2ccc(Cl)cc2)CCC1. The van der Waals surface area contributed by atoms with Crippen molar-refractivity contribution in [3.63, 3.8) is 0 Å². The Morgan fingerprint density at radius 2 is 1.92 bits per heavy atom. The zero-order chi connectivity index (χ0) is 16.7. The van der Waals surface area contributed by atoms with Crippen molar-refractivity contribution < 1.29 is 4.39 Å². The van der Waals surface area contributed by atoms with Crippen LogP contribution in [0.1, 0.15) is 49.3 Å². The molecule has 5 heteroatoms. The molecule has 0 atom stereocenters. The zero-order valence-electron chi connectivity index (χ0n) is 13.6. The summed E-state index contributed by atoms with van der Waals surface area (Å²) in [4.78, 5) is 0. The van der Waals surface area contributed by atoms with E-state index in [0.29, 0.717) is 6.42 Å².